The van der Waals surface area contributed by atoms with Gasteiger partial charge in [-0.05, 0) is 54.4 Å². The van der Waals surface area contributed by atoms with Gasteiger partial charge in [0.25, 0.3) is 0 Å². The van der Waals surface area contributed by atoms with E-state index in [1.54, 1.807) is 0 Å². The Morgan fingerprint density at radius 2 is 1.24 bits per heavy atom. The van der Waals surface area contributed by atoms with Gasteiger partial charge in [0.05, 0.1) is 6.61 Å². The number of rotatable bonds is 8. The maximum Gasteiger partial charge on any atom is 0.338 e. The second-order valence-corrected chi connectivity index (χ2v) is 28.5. The molecule has 6 nitrogen and oxygen atoms in total. The Morgan fingerprint density at radius 3 is 1.64 bits per heavy atom. The Balaban J connectivity index is 3.37. The van der Waals surface area contributed by atoms with Crippen molar-refractivity contribution in [1.82, 2.24) is 0 Å². The van der Waals surface area contributed by atoms with Gasteiger partial charge in [0.2, 0.25) is 0 Å². The van der Waals surface area contributed by atoms with E-state index in [1.165, 1.54) is 0 Å². The number of carbonyl (C=O) groups is 1. The zero-order valence-electron chi connectivity index (χ0n) is 24.0. The van der Waals surface area contributed by atoms with Crippen LogP contribution >= 0.6 is 0 Å². The van der Waals surface area contributed by atoms with Crippen molar-refractivity contribution in [3.63, 3.8) is 0 Å². The molecule has 0 aromatic heterocycles. The summed E-state index contributed by atoms with van der Waals surface area (Å²) in [5.41, 5.74) is 0. The van der Waals surface area contributed by atoms with Crippen LogP contribution in [0.1, 0.15) is 62.3 Å². The minimum Gasteiger partial charge on any atom is -0.455 e. The monoisotopic (exact) mass is 520 g/mol. The number of carbonyl (C=O) groups excluding carboxylic acids is 1. The molecule has 4 atom stereocenters. The molecule has 1 N–H and O–H groups in total. The van der Waals surface area contributed by atoms with Gasteiger partial charge in [-0.2, -0.15) is 0 Å². The minimum atomic E-state index is -2.28. The van der Waals surface area contributed by atoms with Crippen LogP contribution in [-0.2, 0) is 22.8 Å². The summed E-state index contributed by atoms with van der Waals surface area (Å²) < 4.78 is 25.7. The highest BCUT2D eigenvalue weighted by molar-refractivity contribution is 6.75. The van der Waals surface area contributed by atoms with E-state index in [0.29, 0.717) is 6.61 Å². The number of cyclic esters (lactones) is 1. The van der Waals surface area contributed by atoms with Crippen molar-refractivity contribution >= 4 is 30.9 Å². The van der Waals surface area contributed by atoms with E-state index < -0.39 is 55.3 Å². The van der Waals surface area contributed by atoms with E-state index in [-0.39, 0.29) is 15.1 Å². The summed E-state index contributed by atoms with van der Waals surface area (Å²) in [6.45, 7) is 32.9. The molecule has 1 saturated heterocycles. The molecule has 0 bridgehead atoms. The van der Waals surface area contributed by atoms with Crippen LogP contribution in [0.25, 0.3) is 0 Å². The smallest absolute Gasteiger partial charge is 0.338 e. The fourth-order valence-corrected chi connectivity index (χ4v) is 6.40. The Bertz CT molecular complexity index is 686. The van der Waals surface area contributed by atoms with Crippen molar-refractivity contribution in [2.24, 2.45) is 0 Å². The molecule has 0 aliphatic carbocycles. The lowest BCUT2D eigenvalue weighted by Crippen LogP contribution is -2.56. The fraction of sp³-hybridized carbons (Fsp3) is 0.958. The molecule has 1 rings (SSSR count). The Hall–Kier alpha value is -0.0394. The third-order valence-electron chi connectivity index (χ3n) is 8.40. The molecule has 0 radical (unpaired) electrons. The lowest BCUT2D eigenvalue weighted by Gasteiger charge is -2.44. The molecule has 9 heteroatoms. The van der Waals surface area contributed by atoms with E-state index in [1.807, 2.05) is 0 Å². The molecule has 0 amide bonds. The molecule has 0 aromatic rings. The third kappa shape index (κ3) is 7.24. The molecule has 1 aliphatic heterocycles. The Morgan fingerprint density at radius 1 is 0.818 bits per heavy atom. The predicted octanol–water partition coefficient (Wildman–Crippen LogP) is 6.08. The summed E-state index contributed by atoms with van der Waals surface area (Å²) in [5, 5.41) is 10.7. The van der Waals surface area contributed by atoms with Crippen LogP contribution in [0.4, 0.5) is 0 Å². The standard InChI is InChI=1S/C24H52O6Si3/c1-22(2,3)31(10,11)27-16-17(29-32(12,13)23(4,5)6)19-20(18(25)21(26)28-19)30-33(14,15)24(7,8)9/h17-20,25H,16H2,1-15H3/t17-,18-,19+,20+/m0/s1. The number of ether oxygens (including phenoxy) is 1. The molecule has 0 aromatic carbocycles. The summed E-state index contributed by atoms with van der Waals surface area (Å²) in [4.78, 5) is 12.5. The second-order valence-electron chi connectivity index (χ2n) is 14.2. The zero-order chi connectivity index (χ0) is 26.4. The summed E-state index contributed by atoms with van der Waals surface area (Å²) >= 11 is 0. The first-order valence-electron chi connectivity index (χ1n) is 12.2. The van der Waals surface area contributed by atoms with Gasteiger partial charge in [0, 0.05) is 0 Å². The van der Waals surface area contributed by atoms with Crippen LogP contribution < -0.4 is 0 Å². The number of aliphatic hydroxyl groups is 1. The molecule has 0 saturated carbocycles. The molecular weight excluding hydrogens is 469 g/mol. The van der Waals surface area contributed by atoms with Crippen molar-refractivity contribution in [3.05, 3.63) is 0 Å². The average Bonchev–Trinajstić information content (AvgIpc) is 2.83. The van der Waals surface area contributed by atoms with Crippen LogP contribution in [0.2, 0.25) is 54.4 Å². The van der Waals surface area contributed by atoms with Crippen molar-refractivity contribution in [1.29, 1.82) is 0 Å². The molecule has 196 valence electrons. The lowest BCUT2D eigenvalue weighted by molar-refractivity contribution is -0.150. The van der Waals surface area contributed by atoms with Crippen molar-refractivity contribution in [2.75, 3.05) is 6.61 Å². The van der Waals surface area contributed by atoms with Gasteiger partial charge >= 0.3 is 5.97 Å². The van der Waals surface area contributed by atoms with Crippen LogP contribution in [0.5, 0.6) is 0 Å². The number of hydrogen-bond donors (Lipinski definition) is 1. The van der Waals surface area contributed by atoms with Gasteiger partial charge in [-0.3, -0.25) is 0 Å². The highest BCUT2D eigenvalue weighted by Gasteiger charge is 2.54. The van der Waals surface area contributed by atoms with Gasteiger partial charge in [-0.1, -0.05) is 62.3 Å². The SMILES string of the molecule is CC(C)(C)[Si](C)(C)OC[C@H](O[Si](C)(C)C(C)(C)C)[C@H]1OC(=O)[C@@H](O)[C@H]1O[Si](C)(C)C(C)(C)C. The van der Waals surface area contributed by atoms with Crippen LogP contribution in [-0.4, -0.2) is 67.1 Å². The minimum absolute atomic E-state index is 0.0285. The van der Waals surface area contributed by atoms with Gasteiger partial charge < -0.3 is 23.1 Å². The highest BCUT2D eigenvalue weighted by Crippen LogP contribution is 2.43. The fourth-order valence-electron chi connectivity index (χ4n) is 2.78. The van der Waals surface area contributed by atoms with Crippen molar-refractivity contribution in [2.45, 2.75) is 141 Å². The van der Waals surface area contributed by atoms with Crippen LogP contribution in [0, 0.1) is 0 Å². The molecule has 0 spiro atoms. The summed E-state index contributed by atoms with van der Waals surface area (Å²) in [7, 11) is -6.58. The third-order valence-corrected chi connectivity index (χ3v) is 21.9. The van der Waals surface area contributed by atoms with Gasteiger partial charge in [-0.15, -0.1) is 0 Å². The predicted molar refractivity (Wildman–Crippen MR) is 143 cm³/mol. The number of hydrogen-bond acceptors (Lipinski definition) is 6. The van der Waals surface area contributed by atoms with E-state index in [4.69, 9.17) is 18.0 Å². The zero-order valence-corrected chi connectivity index (χ0v) is 27.0. The van der Waals surface area contributed by atoms with E-state index >= 15 is 0 Å². The maximum atomic E-state index is 12.5. The maximum absolute atomic E-state index is 12.5. The van der Waals surface area contributed by atoms with Crippen molar-refractivity contribution < 1.29 is 27.9 Å². The first-order valence-corrected chi connectivity index (χ1v) is 20.9. The molecule has 1 fully saturated rings. The molecule has 0 unspecified atom stereocenters. The summed E-state index contributed by atoms with van der Waals surface area (Å²) in [5.74, 6) is -0.639. The van der Waals surface area contributed by atoms with E-state index in [2.05, 4.69) is 102 Å². The topological polar surface area (TPSA) is 74.2 Å². The Kier molecular flexibility index (Phi) is 9.19. The lowest BCUT2D eigenvalue weighted by atomic mass is 10.1. The highest BCUT2D eigenvalue weighted by atomic mass is 28.4. The Labute approximate surface area is 206 Å². The van der Waals surface area contributed by atoms with Gasteiger partial charge in [-0.25, -0.2) is 4.79 Å². The molecular formula is C24H52O6Si3. The first-order chi connectivity index (χ1) is 14.3. The quantitative estimate of drug-likeness (QED) is 0.309. The first kappa shape index (κ1) is 31.0. The van der Waals surface area contributed by atoms with Crippen molar-refractivity contribution in [3.8, 4) is 0 Å². The summed E-state index contributed by atoms with van der Waals surface area (Å²) in [6.07, 6.45) is -3.30. The molecule has 1 heterocycles. The van der Waals surface area contributed by atoms with Gasteiger partial charge in [0.1, 0.15) is 12.2 Å². The number of esters is 1. The largest absolute Gasteiger partial charge is 0.455 e. The summed E-state index contributed by atoms with van der Waals surface area (Å²) in [6, 6.07) is 0. The average molecular weight is 521 g/mol. The normalized spacial score (nSPS) is 24.7. The molecule has 33 heavy (non-hydrogen) atoms. The van der Waals surface area contributed by atoms with Gasteiger partial charge in [0.15, 0.2) is 37.2 Å². The van der Waals surface area contributed by atoms with E-state index in [9.17, 15) is 9.90 Å². The number of aliphatic hydroxyl groups excluding tert-OH is 1. The van der Waals surface area contributed by atoms with Crippen LogP contribution in [0.15, 0.2) is 0 Å². The van der Waals surface area contributed by atoms with Crippen LogP contribution in [0.3, 0.4) is 0 Å². The second kappa shape index (κ2) is 9.78. The van der Waals surface area contributed by atoms with E-state index in [0.717, 1.165) is 0 Å². The molecule has 1 aliphatic rings.